The molecule has 0 aliphatic heterocycles. The second kappa shape index (κ2) is 2.76. The average molecular weight is 171 g/mol. The first-order chi connectivity index (χ1) is 6.33. The van der Waals surface area contributed by atoms with Gasteiger partial charge in [0.25, 0.3) is 0 Å². The highest BCUT2D eigenvalue weighted by molar-refractivity contribution is 5.92. The van der Waals surface area contributed by atoms with E-state index in [0.29, 0.717) is 5.39 Å². The molecule has 0 fully saturated rings. The van der Waals surface area contributed by atoms with Gasteiger partial charge in [-0.1, -0.05) is 24.3 Å². The van der Waals surface area contributed by atoms with E-state index in [9.17, 15) is 5.11 Å². The molecule has 0 N–H and O–H groups in total. The minimum Gasteiger partial charge on any atom is -0.867 e. The van der Waals surface area contributed by atoms with E-state index in [1.54, 1.807) is 18.2 Å². The third-order valence-electron chi connectivity index (χ3n) is 1.97. The number of hydrogen-bond acceptors (Lipinski definition) is 2. The SMILES string of the molecule is N#[N+]c1ccc2ccccc2[13c]1[O-]. The van der Waals surface area contributed by atoms with Gasteiger partial charge in [0.1, 0.15) is 0 Å². The van der Waals surface area contributed by atoms with Crippen molar-refractivity contribution in [2.24, 2.45) is 0 Å². The number of benzene rings is 2. The fourth-order valence-electron chi connectivity index (χ4n) is 1.31. The summed E-state index contributed by atoms with van der Waals surface area (Å²) < 4.78 is 0. The lowest BCUT2D eigenvalue weighted by Crippen LogP contribution is -1.90. The topological polar surface area (TPSA) is 51.2 Å². The summed E-state index contributed by atoms with van der Waals surface area (Å²) in [7, 11) is 0. The first-order valence-corrected chi connectivity index (χ1v) is 3.87. The van der Waals surface area contributed by atoms with Crippen LogP contribution in [0.4, 0.5) is 5.69 Å². The van der Waals surface area contributed by atoms with Crippen LogP contribution >= 0.6 is 0 Å². The van der Waals surface area contributed by atoms with Crippen molar-refractivity contribution in [2.75, 3.05) is 0 Å². The Labute approximate surface area is 74.9 Å². The van der Waals surface area contributed by atoms with Gasteiger partial charge in [0.2, 0.25) is 5.39 Å². The normalized spacial score (nSPS) is 9.77. The van der Waals surface area contributed by atoms with Crippen molar-refractivity contribution in [2.45, 2.75) is 0 Å². The lowest BCUT2D eigenvalue weighted by atomic mass is 10.2. The summed E-state index contributed by atoms with van der Waals surface area (Å²) in [5.41, 5.74) is 0.0821. The monoisotopic (exact) mass is 171 g/mol. The van der Waals surface area contributed by atoms with Crippen molar-refractivity contribution >= 4 is 16.5 Å². The largest absolute Gasteiger partial charge is 0.867 e. The molecule has 0 unspecified atom stereocenters. The molecule has 0 atom stereocenters. The molecule has 0 bridgehead atoms. The van der Waals surface area contributed by atoms with Gasteiger partial charge in [-0.15, -0.1) is 0 Å². The van der Waals surface area contributed by atoms with Crippen LogP contribution in [-0.4, -0.2) is 0 Å². The molecule has 2 aromatic carbocycles. The maximum atomic E-state index is 11.5. The maximum absolute atomic E-state index is 11.5. The van der Waals surface area contributed by atoms with Crippen molar-refractivity contribution in [1.29, 1.82) is 5.39 Å². The maximum Gasteiger partial charge on any atom is 0.378 e. The van der Waals surface area contributed by atoms with Crippen molar-refractivity contribution in [3.63, 3.8) is 0 Å². The molecule has 62 valence electrons. The Morgan fingerprint density at radius 1 is 1.08 bits per heavy atom. The van der Waals surface area contributed by atoms with E-state index in [1.165, 1.54) is 6.07 Å². The molecule has 0 radical (unpaired) electrons. The van der Waals surface area contributed by atoms with Crippen LogP contribution in [0.2, 0.25) is 0 Å². The Kier molecular flexibility index (Phi) is 1.60. The Balaban J connectivity index is 2.89. The molecule has 2 aromatic rings. The summed E-state index contributed by atoms with van der Waals surface area (Å²) in [5.74, 6) is -0.236. The minimum atomic E-state index is -0.236. The summed E-state index contributed by atoms with van der Waals surface area (Å²) in [6.45, 7) is 0. The van der Waals surface area contributed by atoms with Crippen LogP contribution in [0.3, 0.4) is 0 Å². The molecule has 0 aliphatic carbocycles. The van der Waals surface area contributed by atoms with Gasteiger partial charge in [0.05, 0.1) is 0 Å². The summed E-state index contributed by atoms with van der Waals surface area (Å²) in [6.07, 6.45) is 0. The van der Waals surface area contributed by atoms with Crippen LogP contribution in [-0.2, 0) is 0 Å². The first kappa shape index (κ1) is 7.56. The van der Waals surface area contributed by atoms with Gasteiger partial charge in [-0.25, -0.2) is 0 Å². The van der Waals surface area contributed by atoms with E-state index in [4.69, 9.17) is 5.39 Å². The van der Waals surface area contributed by atoms with Gasteiger partial charge in [-0.2, -0.15) is 0 Å². The first-order valence-electron chi connectivity index (χ1n) is 3.87. The zero-order chi connectivity index (χ0) is 9.26. The molecule has 0 aliphatic rings. The van der Waals surface area contributed by atoms with Crippen molar-refractivity contribution < 1.29 is 5.11 Å². The van der Waals surface area contributed by atoms with Crippen LogP contribution in [0, 0.1) is 5.39 Å². The fourth-order valence-corrected chi connectivity index (χ4v) is 1.31. The molecule has 0 saturated heterocycles. The number of rotatable bonds is 0. The Bertz CT molecular complexity index is 500. The van der Waals surface area contributed by atoms with E-state index < -0.39 is 0 Å². The van der Waals surface area contributed by atoms with E-state index in [1.807, 2.05) is 12.1 Å². The highest BCUT2D eigenvalue weighted by Crippen LogP contribution is 2.31. The Hall–Kier alpha value is -2.08. The second-order valence-corrected chi connectivity index (χ2v) is 2.73. The van der Waals surface area contributed by atoms with Gasteiger partial charge < -0.3 is 5.11 Å². The van der Waals surface area contributed by atoms with Crippen LogP contribution < -0.4 is 5.11 Å². The summed E-state index contributed by atoms with van der Waals surface area (Å²) in [5, 5.41) is 21.5. The fraction of sp³-hybridized carbons (Fsp3) is 0. The second-order valence-electron chi connectivity index (χ2n) is 2.73. The molecule has 3 heteroatoms. The zero-order valence-corrected chi connectivity index (χ0v) is 6.77. The average Bonchev–Trinajstić information content (AvgIpc) is 2.19. The molecule has 0 spiro atoms. The van der Waals surface area contributed by atoms with Crippen molar-refractivity contribution in [1.82, 2.24) is 0 Å². The molecule has 0 saturated carbocycles. The highest BCUT2D eigenvalue weighted by atomic mass is 16.3. The Morgan fingerprint density at radius 2 is 1.85 bits per heavy atom. The van der Waals surface area contributed by atoms with E-state index in [0.717, 1.165) is 5.39 Å². The van der Waals surface area contributed by atoms with Gasteiger partial charge in [0.15, 0.2) is 4.98 Å². The third kappa shape index (κ3) is 1.09. The van der Waals surface area contributed by atoms with Gasteiger partial charge in [0, 0.05) is 6.07 Å². The number of hydrogen-bond donors (Lipinski definition) is 0. The summed E-state index contributed by atoms with van der Waals surface area (Å²) in [4.78, 5) is 2.91. The predicted octanol–water partition coefficient (Wildman–Crippen LogP) is 2.40. The molecular formula is C10H6N2O. The zero-order valence-electron chi connectivity index (χ0n) is 6.77. The Morgan fingerprint density at radius 3 is 2.62 bits per heavy atom. The van der Waals surface area contributed by atoms with Gasteiger partial charge in [-0.05, 0) is 22.6 Å². The molecule has 2 rings (SSSR count). The lowest BCUT2D eigenvalue weighted by molar-refractivity contribution is -0.264. The number of nitrogens with zero attached hydrogens (tertiary/aromatic N) is 2. The van der Waals surface area contributed by atoms with E-state index in [-0.39, 0.29) is 11.4 Å². The number of diazo groups is 1. The van der Waals surface area contributed by atoms with E-state index >= 15 is 0 Å². The van der Waals surface area contributed by atoms with Gasteiger partial charge >= 0.3 is 5.69 Å². The standard InChI is InChI=1S/C10H6N2O/c11-12-9-6-5-7-3-1-2-4-8(7)10(9)13/h1-6H/i10+1. The van der Waals surface area contributed by atoms with Crippen LogP contribution in [0.25, 0.3) is 15.7 Å². The van der Waals surface area contributed by atoms with Crippen LogP contribution in [0.5, 0.6) is 5.75 Å². The molecule has 13 heavy (non-hydrogen) atoms. The van der Waals surface area contributed by atoms with Crippen LogP contribution in [0.15, 0.2) is 36.4 Å². The molecule has 0 amide bonds. The summed E-state index contributed by atoms with van der Waals surface area (Å²) >= 11 is 0. The molecule has 3 nitrogen and oxygen atoms in total. The smallest absolute Gasteiger partial charge is 0.378 e. The third-order valence-corrected chi connectivity index (χ3v) is 1.97. The highest BCUT2D eigenvalue weighted by Gasteiger charge is 2.07. The minimum absolute atomic E-state index is 0.0821. The summed E-state index contributed by atoms with van der Waals surface area (Å²) in [6, 6.07) is 10.5. The molecule has 0 aromatic heterocycles. The quantitative estimate of drug-likeness (QED) is 0.571. The molecule has 0 heterocycles. The van der Waals surface area contributed by atoms with Gasteiger partial charge in [-0.3, -0.25) is 0 Å². The van der Waals surface area contributed by atoms with Crippen LogP contribution in [0.1, 0.15) is 0 Å². The van der Waals surface area contributed by atoms with Crippen molar-refractivity contribution in [3.05, 3.63) is 41.4 Å². The van der Waals surface area contributed by atoms with Crippen molar-refractivity contribution in [3.8, 4) is 5.75 Å². The number of fused-ring (bicyclic) bond motifs is 1. The molecular weight excluding hydrogens is 165 g/mol. The van der Waals surface area contributed by atoms with E-state index in [2.05, 4.69) is 4.98 Å². The lowest BCUT2D eigenvalue weighted by Gasteiger charge is -2.05. The predicted molar refractivity (Wildman–Crippen MR) is 48.1 cm³/mol.